The summed E-state index contributed by atoms with van der Waals surface area (Å²) in [5, 5.41) is 0. The highest BCUT2D eigenvalue weighted by Gasteiger charge is 2.04. The molecule has 0 aliphatic rings. The van der Waals surface area contributed by atoms with Gasteiger partial charge < -0.3 is 9.47 Å². The van der Waals surface area contributed by atoms with Crippen molar-refractivity contribution in [2.75, 3.05) is 13.2 Å². The number of benzene rings is 1. The summed E-state index contributed by atoms with van der Waals surface area (Å²) >= 11 is 6.20. The molecule has 0 heterocycles. The first-order valence-electron chi connectivity index (χ1n) is 24.8. The lowest BCUT2D eigenvalue weighted by Gasteiger charge is -2.12. The van der Waals surface area contributed by atoms with Gasteiger partial charge in [0.1, 0.15) is 11.5 Å². The normalized spacial score (nSPS) is 11.5. The average molecular weight is 776 g/mol. The maximum absolute atomic E-state index is 6.20. The van der Waals surface area contributed by atoms with Crippen LogP contribution in [0.15, 0.2) is 18.2 Å². The van der Waals surface area contributed by atoms with Crippen molar-refractivity contribution in [3.63, 3.8) is 0 Å². The zero-order chi connectivity index (χ0) is 38.7. The van der Waals surface area contributed by atoms with Crippen LogP contribution in [0.4, 0.5) is 0 Å². The molecule has 0 unspecified atom stereocenters. The fraction of sp³-hybridized carbons (Fsp3) is 0.882. The van der Waals surface area contributed by atoms with Gasteiger partial charge in [0.25, 0.3) is 0 Å². The Morgan fingerprint density at radius 3 is 0.704 bits per heavy atom. The SMILES string of the molecule is CCCCCCCCCCCCCCCCCCCCCCOc1cc(CCl)cc(OCCCCCCCCCCCCCCCCCCCCCC)c1. The van der Waals surface area contributed by atoms with E-state index in [0.717, 1.165) is 43.1 Å². The van der Waals surface area contributed by atoms with E-state index in [1.54, 1.807) is 0 Å². The number of hydrogen-bond donors (Lipinski definition) is 0. The Labute approximate surface area is 344 Å². The lowest BCUT2D eigenvalue weighted by Crippen LogP contribution is -2.01. The van der Waals surface area contributed by atoms with Crippen LogP contribution < -0.4 is 9.47 Å². The van der Waals surface area contributed by atoms with Crippen LogP contribution in [0.1, 0.15) is 276 Å². The summed E-state index contributed by atoms with van der Waals surface area (Å²) in [5.74, 6) is 2.31. The molecule has 318 valence electrons. The summed E-state index contributed by atoms with van der Waals surface area (Å²) < 4.78 is 12.3. The Morgan fingerprint density at radius 1 is 0.296 bits per heavy atom. The van der Waals surface area contributed by atoms with Crippen LogP contribution in [0, 0.1) is 0 Å². The van der Waals surface area contributed by atoms with Crippen LogP contribution in [0.2, 0.25) is 0 Å². The Morgan fingerprint density at radius 2 is 0.500 bits per heavy atom. The molecule has 1 rings (SSSR count). The third-order valence-electron chi connectivity index (χ3n) is 11.6. The van der Waals surface area contributed by atoms with Crippen molar-refractivity contribution in [3.8, 4) is 11.5 Å². The monoisotopic (exact) mass is 775 g/mol. The molecule has 3 heteroatoms. The zero-order valence-electron chi connectivity index (χ0n) is 36.8. The minimum atomic E-state index is 0.492. The van der Waals surface area contributed by atoms with E-state index in [0.29, 0.717) is 5.88 Å². The molecule has 0 aromatic heterocycles. The van der Waals surface area contributed by atoms with Gasteiger partial charge in [0, 0.05) is 11.9 Å². The minimum absolute atomic E-state index is 0.492. The van der Waals surface area contributed by atoms with Crippen LogP contribution in [0.3, 0.4) is 0 Å². The largest absolute Gasteiger partial charge is 0.493 e. The molecular formula is C51H95ClO2. The first-order chi connectivity index (χ1) is 26.8. The van der Waals surface area contributed by atoms with Crippen LogP contribution in [-0.4, -0.2) is 13.2 Å². The average Bonchev–Trinajstić information content (AvgIpc) is 3.19. The molecular weight excluding hydrogens is 680 g/mol. The van der Waals surface area contributed by atoms with Crippen LogP contribution in [0.5, 0.6) is 11.5 Å². The number of rotatable bonds is 45. The lowest BCUT2D eigenvalue weighted by atomic mass is 10.0. The molecule has 1 aromatic rings. The molecule has 0 spiro atoms. The summed E-state index contributed by atoms with van der Waals surface area (Å²) in [6.45, 7) is 6.17. The van der Waals surface area contributed by atoms with E-state index in [9.17, 15) is 0 Å². The highest BCUT2D eigenvalue weighted by molar-refractivity contribution is 6.17. The second-order valence-electron chi connectivity index (χ2n) is 17.1. The second kappa shape index (κ2) is 43.2. The molecule has 2 nitrogen and oxygen atoms in total. The molecule has 0 fully saturated rings. The van der Waals surface area contributed by atoms with E-state index >= 15 is 0 Å². The van der Waals surface area contributed by atoms with Gasteiger partial charge in [0.2, 0.25) is 0 Å². The number of unbranched alkanes of at least 4 members (excludes halogenated alkanes) is 38. The number of halogens is 1. The fourth-order valence-corrected chi connectivity index (χ4v) is 8.12. The van der Waals surface area contributed by atoms with E-state index in [1.807, 2.05) is 0 Å². The van der Waals surface area contributed by atoms with Crippen LogP contribution >= 0.6 is 11.6 Å². The number of alkyl halides is 1. The van der Waals surface area contributed by atoms with Crippen molar-refractivity contribution < 1.29 is 9.47 Å². The number of ether oxygens (including phenoxy) is 2. The predicted molar refractivity (Wildman–Crippen MR) is 243 cm³/mol. The molecule has 0 amide bonds. The van der Waals surface area contributed by atoms with Gasteiger partial charge in [0.05, 0.1) is 13.2 Å². The standard InChI is InChI=1S/C51H95ClO2/c1-3-5-7-9-11-13-15-17-19-21-23-25-27-29-31-33-35-37-39-41-43-53-50-45-49(48-52)46-51(47-50)54-44-42-40-38-36-34-32-30-28-26-24-22-20-18-16-14-12-10-8-6-4-2/h45-47H,3-44,48H2,1-2H3. The van der Waals surface area contributed by atoms with Gasteiger partial charge in [-0.25, -0.2) is 0 Å². The molecule has 0 saturated heterocycles. The first kappa shape index (κ1) is 51.1. The Kier molecular flexibility index (Phi) is 40.9. The summed E-state index contributed by atoms with van der Waals surface area (Å²) in [6.07, 6.45) is 56.4. The van der Waals surface area contributed by atoms with E-state index in [1.165, 1.54) is 244 Å². The lowest BCUT2D eigenvalue weighted by molar-refractivity contribution is 0.289. The van der Waals surface area contributed by atoms with Gasteiger partial charge in [-0.1, -0.05) is 258 Å². The third-order valence-corrected chi connectivity index (χ3v) is 11.9. The Bertz CT molecular complexity index is 792. The van der Waals surface area contributed by atoms with Crippen molar-refractivity contribution in [2.45, 2.75) is 277 Å². The van der Waals surface area contributed by atoms with Crippen molar-refractivity contribution in [3.05, 3.63) is 23.8 Å². The molecule has 0 radical (unpaired) electrons. The summed E-state index contributed by atoms with van der Waals surface area (Å²) in [7, 11) is 0. The molecule has 0 N–H and O–H groups in total. The highest BCUT2D eigenvalue weighted by atomic mass is 35.5. The third kappa shape index (κ3) is 36.7. The molecule has 1 aromatic carbocycles. The fourth-order valence-electron chi connectivity index (χ4n) is 7.97. The van der Waals surface area contributed by atoms with Gasteiger partial charge in [-0.2, -0.15) is 0 Å². The molecule has 0 aliphatic carbocycles. The molecule has 0 atom stereocenters. The molecule has 0 bridgehead atoms. The van der Waals surface area contributed by atoms with Gasteiger partial charge in [-0.3, -0.25) is 0 Å². The molecule has 54 heavy (non-hydrogen) atoms. The molecule has 0 aliphatic heterocycles. The topological polar surface area (TPSA) is 18.5 Å². The van der Waals surface area contributed by atoms with Crippen molar-refractivity contribution in [2.24, 2.45) is 0 Å². The summed E-state index contributed by atoms with van der Waals surface area (Å²) in [4.78, 5) is 0. The second-order valence-corrected chi connectivity index (χ2v) is 17.3. The van der Waals surface area contributed by atoms with Crippen molar-refractivity contribution in [1.82, 2.24) is 0 Å². The number of hydrogen-bond acceptors (Lipinski definition) is 2. The van der Waals surface area contributed by atoms with Gasteiger partial charge in [-0.05, 0) is 30.5 Å². The Balaban J connectivity index is 1.89. The quantitative estimate of drug-likeness (QED) is 0.0485. The minimum Gasteiger partial charge on any atom is -0.493 e. The van der Waals surface area contributed by atoms with E-state index < -0.39 is 0 Å². The van der Waals surface area contributed by atoms with E-state index in [-0.39, 0.29) is 0 Å². The predicted octanol–water partition coefficient (Wildman–Crippen LogP) is 18.8. The van der Waals surface area contributed by atoms with E-state index in [4.69, 9.17) is 21.1 Å². The van der Waals surface area contributed by atoms with Crippen LogP contribution in [-0.2, 0) is 5.88 Å². The molecule has 0 saturated carbocycles. The van der Waals surface area contributed by atoms with Crippen molar-refractivity contribution >= 4 is 11.6 Å². The van der Waals surface area contributed by atoms with Crippen LogP contribution in [0.25, 0.3) is 0 Å². The highest BCUT2D eigenvalue weighted by Crippen LogP contribution is 2.25. The first-order valence-corrected chi connectivity index (χ1v) is 25.3. The maximum Gasteiger partial charge on any atom is 0.123 e. The zero-order valence-corrected chi connectivity index (χ0v) is 37.6. The summed E-state index contributed by atoms with van der Waals surface area (Å²) in [6, 6.07) is 6.21. The smallest absolute Gasteiger partial charge is 0.123 e. The van der Waals surface area contributed by atoms with Gasteiger partial charge >= 0.3 is 0 Å². The van der Waals surface area contributed by atoms with Gasteiger partial charge in [-0.15, -0.1) is 11.6 Å². The maximum atomic E-state index is 6.20. The van der Waals surface area contributed by atoms with E-state index in [2.05, 4.69) is 32.0 Å². The summed E-state index contributed by atoms with van der Waals surface area (Å²) in [5.41, 5.74) is 1.08. The Hall–Kier alpha value is -0.890. The van der Waals surface area contributed by atoms with Gasteiger partial charge in [0.15, 0.2) is 0 Å². The van der Waals surface area contributed by atoms with Crippen molar-refractivity contribution in [1.29, 1.82) is 0 Å².